The molecule has 2 atom stereocenters. The number of carbonyl (C=O) groups is 1. The molecule has 0 bridgehead atoms. The number of fused-ring (bicyclic) bond motifs is 1. The Labute approximate surface area is 347 Å². The topological polar surface area (TPSA) is 131 Å². The first-order chi connectivity index (χ1) is 28.6. The number of esters is 1. The lowest BCUT2D eigenvalue weighted by molar-refractivity contribution is -0.143. The van der Waals surface area contributed by atoms with Crippen molar-refractivity contribution >= 4 is 27.3 Å². The van der Waals surface area contributed by atoms with E-state index in [9.17, 15) is 13.2 Å². The fourth-order valence-electron chi connectivity index (χ4n) is 8.22. The molecule has 0 aliphatic carbocycles. The van der Waals surface area contributed by atoms with E-state index in [1.54, 1.807) is 13.0 Å². The zero-order valence-corrected chi connectivity index (χ0v) is 35.2. The van der Waals surface area contributed by atoms with Gasteiger partial charge in [-0.15, -0.1) is 5.10 Å². The molecule has 4 aromatic carbocycles. The second-order valence-electron chi connectivity index (χ2n) is 15.6. The van der Waals surface area contributed by atoms with Gasteiger partial charge in [0.2, 0.25) is 0 Å². The molecule has 0 radical (unpaired) electrons. The zero-order chi connectivity index (χ0) is 41.4. The van der Waals surface area contributed by atoms with E-state index in [4.69, 9.17) is 28.2 Å². The maximum Gasteiger partial charge on any atom is 0.388 e. The van der Waals surface area contributed by atoms with E-state index in [1.165, 1.54) is 4.31 Å². The summed E-state index contributed by atoms with van der Waals surface area (Å²) < 4.78 is 58.9. The third kappa shape index (κ3) is 10.0. The molecule has 13 heteroatoms. The molecule has 0 N–H and O–H groups in total. The van der Waals surface area contributed by atoms with Gasteiger partial charge in [-0.2, -0.15) is 12.7 Å². The molecule has 0 amide bonds. The molecule has 1 aromatic heterocycles. The lowest BCUT2D eigenvalue weighted by Gasteiger charge is -2.37. The fraction of sp³-hybridized carbons (Fsp3) is 0.413. The molecule has 2 aliphatic heterocycles. The van der Waals surface area contributed by atoms with E-state index in [0.717, 1.165) is 69.2 Å². The van der Waals surface area contributed by atoms with Gasteiger partial charge in [-0.1, -0.05) is 90.1 Å². The van der Waals surface area contributed by atoms with Gasteiger partial charge in [-0.3, -0.25) is 4.79 Å². The van der Waals surface area contributed by atoms with Crippen molar-refractivity contribution in [2.45, 2.75) is 85.1 Å². The predicted molar refractivity (Wildman–Crippen MR) is 224 cm³/mol. The molecule has 1 fully saturated rings. The number of nitrogens with zero attached hydrogens (tertiary/aromatic N) is 4. The summed E-state index contributed by atoms with van der Waals surface area (Å²) in [6, 6.07) is 29.2. The van der Waals surface area contributed by atoms with Gasteiger partial charge in [0.15, 0.2) is 0 Å². The summed E-state index contributed by atoms with van der Waals surface area (Å²) in [6.07, 6.45) is 4.41. The van der Waals surface area contributed by atoms with Gasteiger partial charge in [0, 0.05) is 44.9 Å². The Balaban J connectivity index is 1.13. The second-order valence-corrected chi connectivity index (χ2v) is 17.0. The third-order valence-electron chi connectivity index (χ3n) is 11.7. The quantitative estimate of drug-likeness (QED) is 0.0668. The van der Waals surface area contributed by atoms with Crippen molar-refractivity contribution in [1.82, 2.24) is 19.3 Å². The zero-order valence-electron chi connectivity index (χ0n) is 34.3. The Morgan fingerprint density at radius 3 is 2.32 bits per heavy atom. The van der Waals surface area contributed by atoms with Crippen LogP contribution in [0.5, 0.6) is 0 Å². The van der Waals surface area contributed by atoms with Gasteiger partial charge in [0.05, 0.1) is 31.2 Å². The van der Waals surface area contributed by atoms with Crippen LogP contribution >= 0.6 is 0 Å². The summed E-state index contributed by atoms with van der Waals surface area (Å²) in [5.74, 6) is -0.770. The summed E-state index contributed by atoms with van der Waals surface area (Å²) in [5.41, 5.74) is 8.10. The number of aromatic nitrogens is 3. The van der Waals surface area contributed by atoms with E-state index in [1.807, 2.05) is 98.2 Å². The van der Waals surface area contributed by atoms with Crippen LogP contribution in [0.4, 0.5) is 0 Å². The van der Waals surface area contributed by atoms with Gasteiger partial charge in [0.1, 0.15) is 12.1 Å². The smallest absolute Gasteiger partial charge is 0.388 e. The Morgan fingerprint density at radius 1 is 0.915 bits per heavy atom. The summed E-state index contributed by atoms with van der Waals surface area (Å²) >= 11 is 0. The van der Waals surface area contributed by atoms with E-state index < -0.39 is 22.3 Å². The van der Waals surface area contributed by atoms with Crippen LogP contribution in [-0.4, -0.2) is 66.7 Å². The first-order valence-electron chi connectivity index (χ1n) is 20.4. The summed E-state index contributed by atoms with van der Waals surface area (Å²) in [6.45, 7) is 11.4. The lowest BCUT2D eigenvalue weighted by Crippen LogP contribution is -2.38. The average Bonchev–Trinajstić information content (AvgIpc) is 3.65. The summed E-state index contributed by atoms with van der Waals surface area (Å²) in [5, 5.41) is 9.39. The highest BCUT2D eigenvalue weighted by Gasteiger charge is 2.36. The SMILES string of the molecule is CCOC(=O)CC(c1ccc(C)c([C@@H](C)N2CC=C(OCc3ccccc3)OS2(=O)=O)c1)c1ccc2c(nnn2CC2(CCOCc3ccccc3)CCOCC2)c1C. The minimum absolute atomic E-state index is 0.0455. The van der Waals surface area contributed by atoms with E-state index in [2.05, 4.69) is 23.4 Å². The van der Waals surface area contributed by atoms with Crippen LogP contribution in [0, 0.1) is 19.3 Å². The molecule has 12 nitrogen and oxygen atoms in total. The van der Waals surface area contributed by atoms with E-state index in [0.29, 0.717) is 33.0 Å². The number of carbonyl (C=O) groups excluding carboxylic acids is 1. The monoisotopic (exact) mass is 822 g/mol. The van der Waals surface area contributed by atoms with Crippen LogP contribution in [0.1, 0.15) is 90.4 Å². The van der Waals surface area contributed by atoms with Crippen molar-refractivity contribution in [3.05, 3.63) is 142 Å². The summed E-state index contributed by atoms with van der Waals surface area (Å²) in [4.78, 5) is 13.2. The maximum atomic E-state index is 13.5. The molecule has 312 valence electrons. The van der Waals surface area contributed by atoms with Gasteiger partial charge in [-0.05, 0) is 97.4 Å². The molecular weight excluding hydrogens is 769 g/mol. The van der Waals surface area contributed by atoms with Gasteiger partial charge in [0.25, 0.3) is 5.95 Å². The molecule has 59 heavy (non-hydrogen) atoms. The molecular formula is C46H54N4O8S. The van der Waals surface area contributed by atoms with Crippen molar-refractivity contribution in [3.8, 4) is 0 Å². The van der Waals surface area contributed by atoms with Crippen LogP contribution in [0.2, 0.25) is 0 Å². The minimum atomic E-state index is -4.18. The van der Waals surface area contributed by atoms with Crippen molar-refractivity contribution in [1.29, 1.82) is 0 Å². The number of aryl methyl sites for hydroxylation is 2. The lowest BCUT2D eigenvalue weighted by atomic mass is 9.77. The molecule has 1 saturated heterocycles. The molecule has 3 heterocycles. The molecule has 0 spiro atoms. The Bertz CT molecular complexity index is 2340. The second kappa shape index (κ2) is 18.9. The molecule has 2 aliphatic rings. The largest absolute Gasteiger partial charge is 0.466 e. The molecule has 1 unspecified atom stereocenters. The van der Waals surface area contributed by atoms with Crippen LogP contribution < -0.4 is 0 Å². The third-order valence-corrected chi connectivity index (χ3v) is 13.1. The Hall–Kier alpha value is -5.08. The Morgan fingerprint density at radius 2 is 1.63 bits per heavy atom. The first kappa shape index (κ1) is 42.1. The van der Waals surface area contributed by atoms with Crippen LogP contribution in [0.25, 0.3) is 11.0 Å². The van der Waals surface area contributed by atoms with Crippen LogP contribution in [0.3, 0.4) is 0 Å². The van der Waals surface area contributed by atoms with E-state index >= 15 is 0 Å². The Kier molecular flexibility index (Phi) is 13.5. The summed E-state index contributed by atoms with van der Waals surface area (Å²) in [7, 11) is -4.18. The number of ether oxygens (including phenoxy) is 4. The van der Waals surface area contributed by atoms with Gasteiger partial charge < -0.3 is 23.1 Å². The number of hydrogen-bond acceptors (Lipinski definition) is 10. The fourth-order valence-corrected chi connectivity index (χ4v) is 9.40. The van der Waals surface area contributed by atoms with Crippen LogP contribution in [-0.2, 0) is 58.0 Å². The predicted octanol–water partition coefficient (Wildman–Crippen LogP) is 8.23. The number of benzene rings is 4. The maximum absolute atomic E-state index is 13.5. The standard InChI is InChI=1S/C46H54N4O8S/c1-5-56-43(51)29-41(38-17-16-33(2)40(28-38)35(4)50-24-20-44(58-59(50,52)53)57-31-37-14-10-7-11-15-37)39-18-19-42-45(34(39)3)47-48-49(42)32-46(21-25-54-26-22-46)23-27-55-30-36-12-8-6-9-13-36/h6-20,28,35,41H,5,21-27,29-32H2,1-4H3/t35-,41?/m1/s1. The van der Waals surface area contributed by atoms with Crippen LogP contribution in [0.15, 0.2) is 103 Å². The van der Waals surface area contributed by atoms with E-state index in [-0.39, 0.29) is 43.5 Å². The molecule has 0 saturated carbocycles. The van der Waals surface area contributed by atoms with Crippen molar-refractivity contribution in [2.75, 3.05) is 33.0 Å². The molecule has 5 aromatic rings. The molecule has 7 rings (SSSR count). The number of hydrogen-bond donors (Lipinski definition) is 0. The number of rotatable bonds is 17. The average molecular weight is 823 g/mol. The van der Waals surface area contributed by atoms with Crippen molar-refractivity contribution in [3.63, 3.8) is 0 Å². The normalized spacial score (nSPS) is 17.5. The minimum Gasteiger partial charge on any atom is -0.466 e. The van der Waals surface area contributed by atoms with Crippen molar-refractivity contribution in [2.24, 2.45) is 5.41 Å². The first-order valence-corrected chi connectivity index (χ1v) is 21.8. The van der Waals surface area contributed by atoms with Gasteiger partial charge >= 0.3 is 16.3 Å². The van der Waals surface area contributed by atoms with Crippen molar-refractivity contribution < 1.29 is 36.3 Å². The highest BCUT2D eigenvalue weighted by atomic mass is 32.2. The highest BCUT2D eigenvalue weighted by Crippen LogP contribution is 2.40. The highest BCUT2D eigenvalue weighted by molar-refractivity contribution is 7.84. The van der Waals surface area contributed by atoms with Gasteiger partial charge in [-0.25, -0.2) is 4.68 Å².